The molecule has 2 aromatic carbocycles. The molecule has 0 amide bonds. The van der Waals surface area contributed by atoms with Crippen LogP contribution in [-0.2, 0) is 20.7 Å². The molecule has 0 saturated heterocycles. The summed E-state index contributed by atoms with van der Waals surface area (Å²) in [4.78, 5) is 9.86. The molecule has 0 spiro atoms. The van der Waals surface area contributed by atoms with Gasteiger partial charge in [-0.2, -0.15) is 8.42 Å². The van der Waals surface area contributed by atoms with Gasteiger partial charge in [-0.3, -0.25) is 14.3 Å². The SMILES string of the molecule is COc1ccc(CCOS(=O)(=O)c2ccc([N+](=O)[O-])cc2)cc1OC. The number of ether oxygens (including phenoxy) is 2. The number of nitro benzene ring substituents is 1. The molecule has 2 aromatic rings. The summed E-state index contributed by atoms with van der Waals surface area (Å²) in [6.07, 6.45) is 0.340. The molecule has 0 aliphatic carbocycles. The lowest BCUT2D eigenvalue weighted by molar-refractivity contribution is -0.384. The van der Waals surface area contributed by atoms with Gasteiger partial charge in [-0.25, -0.2) is 0 Å². The van der Waals surface area contributed by atoms with E-state index in [0.29, 0.717) is 17.9 Å². The van der Waals surface area contributed by atoms with E-state index in [2.05, 4.69) is 0 Å². The van der Waals surface area contributed by atoms with E-state index in [1.54, 1.807) is 18.2 Å². The monoisotopic (exact) mass is 367 g/mol. The summed E-state index contributed by atoms with van der Waals surface area (Å²) in [6, 6.07) is 9.76. The van der Waals surface area contributed by atoms with Crippen LogP contribution in [0.3, 0.4) is 0 Å². The largest absolute Gasteiger partial charge is 0.493 e. The maximum absolute atomic E-state index is 12.1. The summed E-state index contributed by atoms with van der Waals surface area (Å²) in [5, 5.41) is 10.6. The van der Waals surface area contributed by atoms with E-state index in [9.17, 15) is 18.5 Å². The average Bonchev–Trinajstić information content (AvgIpc) is 2.61. The molecule has 0 aliphatic heterocycles. The molecule has 0 atom stereocenters. The van der Waals surface area contributed by atoms with Crippen LogP contribution < -0.4 is 9.47 Å². The zero-order valence-corrected chi connectivity index (χ0v) is 14.5. The van der Waals surface area contributed by atoms with E-state index in [4.69, 9.17) is 13.7 Å². The molecule has 0 heterocycles. The van der Waals surface area contributed by atoms with Gasteiger partial charge in [0, 0.05) is 12.1 Å². The van der Waals surface area contributed by atoms with Crippen molar-refractivity contribution >= 4 is 15.8 Å². The number of hydrogen-bond acceptors (Lipinski definition) is 7. The van der Waals surface area contributed by atoms with Crippen molar-refractivity contribution in [3.8, 4) is 11.5 Å². The van der Waals surface area contributed by atoms with Crippen molar-refractivity contribution in [2.45, 2.75) is 11.3 Å². The summed E-state index contributed by atoms with van der Waals surface area (Å²) >= 11 is 0. The Morgan fingerprint density at radius 3 is 2.20 bits per heavy atom. The summed E-state index contributed by atoms with van der Waals surface area (Å²) in [7, 11) is -0.944. The van der Waals surface area contributed by atoms with Gasteiger partial charge in [-0.05, 0) is 36.2 Å². The molecule has 8 nitrogen and oxygen atoms in total. The second-order valence-electron chi connectivity index (χ2n) is 4.97. The van der Waals surface area contributed by atoms with Crippen LogP contribution in [0, 0.1) is 10.1 Å². The molecule has 134 valence electrons. The number of nitro groups is 1. The van der Waals surface area contributed by atoms with E-state index >= 15 is 0 Å². The van der Waals surface area contributed by atoms with Gasteiger partial charge in [0.05, 0.1) is 30.6 Å². The fraction of sp³-hybridized carbons (Fsp3) is 0.250. The zero-order chi connectivity index (χ0) is 18.4. The fourth-order valence-electron chi connectivity index (χ4n) is 2.11. The molecule has 25 heavy (non-hydrogen) atoms. The van der Waals surface area contributed by atoms with E-state index < -0.39 is 15.0 Å². The van der Waals surface area contributed by atoms with E-state index in [1.807, 2.05) is 0 Å². The Labute approximate surface area is 145 Å². The zero-order valence-electron chi connectivity index (χ0n) is 13.7. The fourth-order valence-corrected chi connectivity index (χ4v) is 3.02. The topological polar surface area (TPSA) is 105 Å². The maximum Gasteiger partial charge on any atom is 0.296 e. The van der Waals surface area contributed by atoms with Gasteiger partial charge in [0.15, 0.2) is 11.5 Å². The summed E-state index contributed by atoms with van der Waals surface area (Å²) in [5.74, 6) is 1.11. The summed E-state index contributed by atoms with van der Waals surface area (Å²) in [5.41, 5.74) is 0.626. The standard InChI is InChI=1S/C16H17NO7S/c1-22-15-8-3-12(11-16(15)23-2)9-10-24-25(20,21)14-6-4-13(5-7-14)17(18)19/h3-8,11H,9-10H2,1-2H3. The number of hydrogen-bond donors (Lipinski definition) is 0. The van der Waals surface area contributed by atoms with Gasteiger partial charge >= 0.3 is 0 Å². The molecule has 0 aromatic heterocycles. The number of rotatable bonds is 8. The molecule has 0 fully saturated rings. The third-order valence-electron chi connectivity index (χ3n) is 3.41. The smallest absolute Gasteiger partial charge is 0.296 e. The first kappa shape index (κ1) is 18.7. The van der Waals surface area contributed by atoms with Gasteiger partial charge in [0.1, 0.15) is 0 Å². The van der Waals surface area contributed by atoms with Crippen LogP contribution in [0.1, 0.15) is 5.56 Å². The van der Waals surface area contributed by atoms with Crippen molar-refractivity contribution in [3.05, 3.63) is 58.1 Å². The summed E-state index contributed by atoms with van der Waals surface area (Å²) < 4.78 is 39.5. The predicted octanol–water partition coefficient (Wildman–Crippen LogP) is 2.56. The van der Waals surface area contributed by atoms with Crippen LogP contribution in [0.4, 0.5) is 5.69 Å². The molecule has 0 N–H and O–H groups in total. The second-order valence-corrected chi connectivity index (χ2v) is 6.58. The van der Waals surface area contributed by atoms with Crippen LogP contribution in [0.5, 0.6) is 11.5 Å². The van der Waals surface area contributed by atoms with Crippen molar-refractivity contribution in [2.75, 3.05) is 20.8 Å². The van der Waals surface area contributed by atoms with Crippen molar-refractivity contribution in [2.24, 2.45) is 0 Å². The third kappa shape index (κ3) is 4.68. The van der Waals surface area contributed by atoms with Crippen LogP contribution in [0.15, 0.2) is 47.4 Å². The highest BCUT2D eigenvalue weighted by molar-refractivity contribution is 7.86. The molecule has 0 radical (unpaired) electrons. The van der Waals surface area contributed by atoms with E-state index in [0.717, 1.165) is 29.8 Å². The average molecular weight is 367 g/mol. The summed E-state index contributed by atoms with van der Waals surface area (Å²) in [6.45, 7) is -0.0746. The van der Waals surface area contributed by atoms with Crippen molar-refractivity contribution in [1.82, 2.24) is 0 Å². The van der Waals surface area contributed by atoms with Crippen molar-refractivity contribution < 1.29 is 27.0 Å². The molecule has 0 unspecified atom stereocenters. The quantitative estimate of drug-likeness (QED) is 0.401. The van der Waals surface area contributed by atoms with Crippen molar-refractivity contribution in [1.29, 1.82) is 0 Å². The van der Waals surface area contributed by atoms with Crippen LogP contribution in [0.25, 0.3) is 0 Å². The minimum absolute atomic E-state index is 0.0746. The maximum atomic E-state index is 12.1. The van der Waals surface area contributed by atoms with Gasteiger partial charge in [-0.1, -0.05) is 6.07 Å². The Balaban J connectivity index is 2.01. The Bertz CT molecular complexity index is 847. The van der Waals surface area contributed by atoms with E-state index in [-0.39, 0.29) is 17.2 Å². The van der Waals surface area contributed by atoms with Gasteiger partial charge in [0.2, 0.25) is 0 Å². The highest BCUT2D eigenvalue weighted by atomic mass is 32.2. The second kappa shape index (κ2) is 7.95. The minimum Gasteiger partial charge on any atom is -0.493 e. The molecule has 0 bridgehead atoms. The van der Waals surface area contributed by atoms with Gasteiger partial charge < -0.3 is 9.47 Å². The number of non-ortho nitro benzene ring substituents is 1. The van der Waals surface area contributed by atoms with Gasteiger partial charge in [0.25, 0.3) is 15.8 Å². The Morgan fingerprint density at radius 2 is 1.64 bits per heavy atom. The molecular weight excluding hydrogens is 350 g/mol. The highest BCUT2D eigenvalue weighted by Crippen LogP contribution is 2.27. The first-order valence-corrected chi connectivity index (χ1v) is 8.63. The lowest BCUT2D eigenvalue weighted by atomic mass is 10.1. The molecular formula is C16H17NO7S. The Kier molecular flexibility index (Phi) is 5.94. The Morgan fingerprint density at radius 1 is 1.00 bits per heavy atom. The number of methoxy groups -OCH3 is 2. The van der Waals surface area contributed by atoms with Crippen LogP contribution in [0.2, 0.25) is 0 Å². The van der Waals surface area contributed by atoms with Crippen molar-refractivity contribution in [3.63, 3.8) is 0 Å². The van der Waals surface area contributed by atoms with E-state index in [1.165, 1.54) is 14.2 Å². The number of benzene rings is 2. The van der Waals surface area contributed by atoms with Crippen LogP contribution in [-0.4, -0.2) is 34.2 Å². The first-order valence-electron chi connectivity index (χ1n) is 7.22. The predicted molar refractivity (Wildman–Crippen MR) is 89.5 cm³/mol. The first-order chi connectivity index (χ1) is 11.9. The van der Waals surface area contributed by atoms with Gasteiger partial charge in [-0.15, -0.1) is 0 Å². The lowest BCUT2D eigenvalue weighted by Gasteiger charge is -2.10. The Hall–Kier alpha value is -2.65. The number of nitrogens with zero attached hydrogens (tertiary/aromatic N) is 1. The molecule has 2 rings (SSSR count). The lowest BCUT2D eigenvalue weighted by Crippen LogP contribution is -2.09. The van der Waals surface area contributed by atoms with Crippen LogP contribution >= 0.6 is 0 Å². The minimum atomic E-state index is -3.98. The normalized spacial score (nSPS) is 11.1. The molecule has 0 saturated carbocycles. The third-order valence-corrected chi connectivity index (χ3v) is 4.74. The highest BCUT2D eigenvalue weighted by Gasteiger charge is 2.17. The molecule has 0 aliphatic rings. The molecule has 9 heteroatoms.